The van der Waals surface area contributed by atoms with Gasteiger partial charge in [-0.2, -0.15) is 0 Å². The molecule has 1 aromatic carbocycles. The van der Waals surface area contributed by atoms with E-state index in [1.165, 1.54) is 24.3 Å². The molecule has 2 aromatic rings. The quantitative estimate of drug-likeness (QED) is 0.875. The number of aryl methyl sites for hydroxylation is 2. The average Bonchev–Trinajstić information content (AvgIpc) is 2.70. The largest absolute Gasteiger partial charge is 0.345 e. The third kappa shape index (κ3) is 3.64. The monoisotopic (exact) mass is 282 g/mol. The van der Waals surface area contributed by atoms with Gasteiger partial charge in [-0.3, -0.25) is 4.79 Å². The van der Waals surface area contributed by atoms with Crippen molar-refractivity contribution in [3.05, 3.63) is 52.9 Å². The Morgan fingerprint density at radius 3 is 2.47 bits per heavy atom. The molecule has 0 amide bonds. The molecule has 0 unspecified atom stereocenters. The minimum Gasteiger partial charge on any atom is -0.345 e. The second-order valence-corrected chi connectivity index (χ2v) is 4.22. The van der Waals surface area contributed by atoms with E-state index >= 15 is 0 Å². The molecule has 1 heterocycles. The molecule has 0 aliphatic rings. The minimum absolute atomic E-state index is 0. The van der Waals surface area contributed by atoms with Crippen LogP contribution in [0.5, 0.6) is 0 Å². The summed E-state index contributed by atoms with van der Waals surface area (Å²) in [5, 5.41) is 0. The van der Waals surface area contributed by atoms with Crippen LogP contribution in [0.3, 0.4) is 0 Å². The number of aromatic nitrogens is 2. The van der Waals surface area contributed by atoms with Crippen molar-refractivity contribution in [2.75, 3.05) is 0 Å². The number of carbonyl (C=O) groups is 1. The molecule has 0 aliphatic heterocycles. The van der Waals surface area contributed by atoms with E-state index in [9.17, 15) is 9.18 Å². The third-order valence-electron chi connectivity index (χ3n) is 2.86. The van der Waals surface area contributed by atoms with Crippen molar-refractivity contribution in [3.8, 4) is 0 Å². The molecule has 102 valence electrons. The zero-order chi connectivity index (χ0) is 13.1. The fourth-order valence-corrected chi connectivity index (χ4v) is 1.88. The first-order chi connectivity index (χ1) is 8.60. The number of halogens is 2. The molecule has 0 atom stereocenters. The van der Waals surface area contributed by atoms with Gasteiger partial charge in [-0.1, -0.05) is 6.92 Å². The number of ketones is 1. The van der Waals surface area contributed by atoms with E-state index in [4.69, 9.17) is 0 Å². The molecule has 1 aromatic heterocycles. The van der Waals surface area contributed by atoms with E-state index < -0.39 is 0 Å². The zero-order valence-corrected chi connectivity index (χ0v) is 11.7. The number of carbonyl (C=O) groups excluding carboxylic acids is 1. The number of benzene rings is 1. The Morgan fingerprint density at radius 2 is 1.95 bits per heavy atom. The molecule has 0 radical (unpaired) electrons. The highest BCUT2D eigenvalue weighted by Crippen LogP contribution is 2.10. The SMILES string of the molecule is CCc1nc(CC(=O)c2ccc(F)cc2)[nH]c1C.Cl. The maximum absolute atomic E-state index is 12.7. The van der Waals surface area contributed by atoms with Crippen LogP contribution in [0, 0.1) is 12.7 Å². The summed E-state index contributed by atoms with van der Waals surface area (Å²) in [6.07, 6.45) is 1.06. The zero-order valence-electron chi connectivity index (χ0n) is 10.9. The molecule has 19 heavy (non-hydrogen) atoms. The van der Waals surface area contributed by atoms with E-state index in [-0.39, 0.29) is 30.4 Å². The van der Waals surface area contributed by atoms with Crippen LogP contribution in [0.1, 0.15) is 34.5 Å². The molecular formula is C14H16ClFN2O. The van der Waals surface area contributed by atoms with Crippen LogP contribution in [0.25, 0.3) is 0 Å². The smallest absolute Gasteiger partial charge is 0.170 e. The molecule has 0 aliphatic carbocycles. The predicted octanol–water partition coefficient (Wildman–Crippen LogP) is 3.27. The number of Topliss-reactive ketones (excluding diaryl/α,β-unsaturated/α-hetero) is 1. The van der Waals surface area contributed by atoms with Gasteiger partial charge in [0.1, 0.15) is 11.6 Å². The number of imidazole rings is 1. The second kappa shape index (κ2) is 6.48. The number of rotatable bonds is 4. The Morgan fingerprint density at radius 1 is 1.32 bits per heavy atom. The van der Waals surface area contributed by atoms with Gasteiger partial charge in [0.05, 0.1) is 12.1 Å². The summed E-state index contributed by atoms with van der Waals surface area (Å²) in [4.78, 5) is 19.4. The molecule has 2 rings (SSSR count). The molecule has 0 saturated heterocycles. The van der Waals surface area contributed by atoms with Crippen molar-refractivity contribution in [2.45, 2.75) is 26.7 Å². The summed E-state index contributed by atoms with van der Waals surface area (Å²) >= 11 is 0. The molecule has 0 spiro atoms. The number of aromatic amines is 1. The van der Waals surface area contributed by atoms with Crippen molar-refractivity contribution in [1.82, 2.24) is 9.97 Å². The lowest BCUT2D eigenvalue weighted by atomic mass is 10.1. The number of hydrogen-bond acceptors (Lipinski definition) is 2. The van der Waals surface area contributed by atoms with Crippen LogP contribution in [0.2, 0.25) is 0 Å². The van der Waals surface area contributed by atoms with Gasteiger partial charge in [-0.25, -0.2) is 9.37 Å². The Labute approximate surface area is 117 Å². The van der Waals surface area contributed by atoms with E-state index in [1.54, 1.807) is 0 Å². The topological polar surface area (TPSA) is 45.8 Å². The molecule has 3 nitrogen and oxygen atoms in total. The van der Waals surface area contributed by atoms with Crippen molar-refractivity contribution in [2.24, 2.45) is 0 Å². The van der Waals surface area contributed by atoms with Gasteiger partial charge in [-0.05, 0) is 37.6 Å². The summed E-state index contributed by atoms with van der Waals surface area (Å²) in [6.45, 7) is 3.96. The van der Waals surface area contributed by atoms with Crippen LogP contribution in [-0.2, 0) is 12.8 Å². The van der Waals surface area contributed by atoms with Crippen molar-refractivity contribution in [3.63, 3.8) is 0 Å². The number of nitrogens with one attached hydrogen (secondary N) is 1. The lowest BCUT2D eigenvalue weighted by Gasteiger charge is -1.98. The summed E-state index contributed by atoms with van der Waals surface area (Å²) in [5.74, 6) is 0.263. The first kappa shape index (κ1) is 15.4. The number of nitrogens with zero attached hydrogens (tertiary/aromatic N) is 1. The molecule has 0 saturated carbocycles. The first-order valence-corrected chi connectivity index (χ1v) is 5.93. The summed E-state index contributed by atoms with van der Waals surface area (Å²) in [5.41, 5.74) is 2.49. The molecule has 0 bridgehead atoms. The molecule has 1 N–H and O–H groups in total. The van der Waals surface area contributed by atoms with Gasteiger partial charge >= 0.3 is 0 Å². The normalized spacial score (nSPS) is 10.1. The summed E-state index contributed by atoms with van der Waals surface area (Å²) < 4.78 is 12.7. The first-order valence-electron chi connectivity index (χ1n) is 5.93. The van der Waals surface area contributed by atoms with Crippen LogP contribution >= 0.6 is 12.4 Å². The van der Waals surface area contributed by atoms with E-state index in [0.717, 1.165) is 17.8 Å². The Hall–Kier alpha value is -1.68. The summed E-state index contributed by atoms with van der Waals surface area (Å²) in [6, 6.07) is 5.57. The maximum atomic E-state index is 12.7. The van der Waals surface area contributed by atoms with E-state index in [2.05, 4.69) is 9.97 Å². The van der Waals surface area contributed by atoms with Crippen molar-refractivity contribution in [1.29, 1.82) is 0 Å². The van der Waals surface area contributed by atoms with Gasteiger partial charge in [0.25, 0.3) is 0 Å². The standard InChI is InChI=1S/C14H15FN2O.ClH/c1-3-12-9(2)16-14(17-12)8-13(18)10-4-6-11(15)7-5-10;/h4-7H,3,8H2,1-2H3,(H,16,17);1H. The Balaban J connectivity index is 0.00000180. The second-order valence-electron chi connectivity index (χ2n) is 4.22. The van der Waals surface area contributed by atoms with E-state index in [0.29, 0.717) is 11.4 Å². The fraction of sp³-hybridized carbons (Fsp3) is 0.286. The Kier molecular flexibility index (Phi) is 5.24. The number of hydrogen-bond donors (Lipinski definition) is 1. The van der Waals surface area contributed by atoms with Gasteiger partial charge in [0, 0.05) is 11.3 Å². The lowest BCUT2D eigenvalue weighted by molar-refractivity contribution is 0.0991. The average molecular weight is 283 g/mol. The predicted molar refractivity (Wildman–Crippen MR) is 74.4 cm³/mol. The van der Waals surface area contributed by atoms with Crippen molar-refractivity contribution < 1.29 is 9.18 Å². The molecule has 5 heteroatoms. The molecular weight excluding hydrogens is 267 g/mol. The lowest BCUT2D eigenvalue weighted by Crippen LogP contribution is -2.05. The Bertz CT molecular complexity index is 563. The highest BCUT2D eigenvalue weighted by Gasteiger charge is 2.11. The van der Waals surface area contributed by atoms with E-state index in [1.807, 2.05) is 13.8 Å². The van der Waals surface area contributed by atoms with Crippen molar-refractivity contribution >= 4 is 18.2 Å². The van der Waals surface area contributed by atoms with Gasteiger partial charge in [0.2, 0.25) is 0 Å². The highest BCUT2D eigenvalue weighted by molar-refractivity contribution is 5.97. The third-order valence-corrected chi connectivity index (χ3v) is 2.86. The highest BCUT2D eigenvalue weighted by atomic mass is 35.5. The van der Waals surface area contributed by atoms with Gasteiger partial charge < -0.3 is 4.98 Å². The summed E-state index contributed by atoms with van der Waals surface area (Å²) in [7, 11) is 0. The molecule has 0 fully saturated rings. The van der Waals surface area contributed by atoms with Crippen LogP contribution in [0.15, 0.2) is 24.3 Å². The fourth-order valence-electron chi connectivity index (χ4n) is 1.88. The van der Waals surface area contributed by atoms with Gasteiger partial charge in [0.15, 0.2) is 5.78 Å². The van der Waals surface area contributed by atoms with Crippen LogP contribution in [0.4, 0.5) is 4.39 Å². The van der Waals surface area contributed by atoms with Crippen LogP contribution in [-0.4, -0.2) is 15.8 Å². The van der Waals surface area contributed by atoms with Gasteiger partial charge in [-0.15, -0.1) is 12.4 Å². The number of H-pyrrole nitrogens is 1. The minimum atomic E-state index is -0.339. The van der Waals surface area contributed by atoms with Crippen LogP contribution < -0.4 is 0 Å². The maximum Gasteiger partial charge on any atom is 0.170 e.